The number of aryl methyl sites for hydroxylation is 1. The molecule has 0 fully saturated rings. The van der Waals surface area contributed by atoms with Gasteiger partial charge in [0.25, 0.3) is 0 Å². The fourth-order valence-corrected chi connectivity index (χ4v) is 1.32. The second-order valence-corrected chi connectivity index (χ2v) is 3.67. The summed E-state index contributed by atoms with van der Waals surface area (Å²) in [6.45, 7) is 0.794. The van der Waals surface area contributed by atoms with E-state index in [9.17, 15) is 19.7 Å². The van der Waals surface area contributed by atoms with Crippen molar-refractivity contribution in [2.75, 3.05) is 18.4 Å². The molecule has 1 rings (SSSR count). The summed E-state index contributed by atoms with van der Waals surface area (Å²) < 4.78 is 1.43. The van der Waals surface area contributed by atoms with Crippen LogP contribution in [0.3, 0.4) is 0 Å². The number of rotatable bonds is 6. The molecule has 0 saturated carbocycles. The lowest BCUT2D eigenvalue weighted by Crippen LogP contribution is -2.34. The number of amides is 1. The van der Waals surface area contributed by atoms with Crippen LogP contribution in [-0.4, -0.2) is 44.5 Å². The van der Waals surface area contributed by atoms with Crippen LogP contribution < -0.4 is 10.6 Å². The number of carbonyl (C=O) groups excluding carboxylic acids is 1. The third-order valence-corrected chi connectivity index (χ3v) is 2.33. The minimum atomic E-state index is -1.17. The molecule has 1 heterocycles. The van der Waals surface area contributed by atoms with Gasteiger partial charge >= 0.3 is 11.8 Å². The molecule has 0 atom stereocenters. The summed E-state index contributed by atoms with van der Waals surface area (Å²) in [5, 5.41) is 23.8. The van der Waals surface area contributed by atoms with E-state index in [4.69, 9.17) is 5.11 Å². The van der Waals surface area contributed by atoms with Crippen LogP contribution in [0, 0.1) is 17.0 Å². The Labute approximate surface area is 107 Å². The molecule has 0 aliphatic heterocycles. The summed E-state index contributed by atoms with van der Waals surface area (Å²) in [5.41, 5.74) is 0. The lowest BCUT2D eigenvalue weighted by molar-refractivity contribution is -0.388. The van der Waals surface area contributed by atoms with Gasteiger partial charge in [-0.05, 0) is 9.91 Å². The molecule has 1 aromatic rings. The molecule has 10 heteroatoms. The lowest BCUT2D eigenvalue weighted by atomic mass is 10.5. The number of aliphatic carboxylic acids is 1. The molecule has 0 aliphatic rings. The van der Waals surface area contributed by atoms with Crippen LogP contribution in [0.2, 0.25) is 0 Å². The van der Waals surface area contributed by atoms with Gasteiger partial charge in [-0.15, -0.1) is 0 Å². The van der Waals surface area contributed by atoms with E-state index in [1.807, 2.05) is 0 Å². The van der Waals surface area contributed by atoms with Crippen molar-refractivity contribution >= 4 is 23.5 Å². The number of hydrogen-bond acceptors (Lipinski definition) is 6. The normalized spacial score (nSPS) is 10.0. The van der Waals surface area contributed by atoms with Gasteiger partial charge in [-0.1, -0.05) is 0 Å². The Bertz CT molecular complexity index is 523. The molecule has 0 radical (unpaired) electrons. The molecule has 104 valence electrons. The van der Waals surface area contributed by atoms with Gasteiger partial charge in [0.1, 0.15) is 6.54 Å². The van der Waals surface area contributed by atoms with Crippen LogP contribution >= 0.6 is 0 Å². The maximum Gasteiger partial charge on any atom is 0.406 e. The first-order valence-electron chi connectivity index (χ1n) is 5.23. The predicted molar refractivity (Wildman–Crippen MR) is 63.7 cm³/mol. The summed E-state index contributed by atoms with van der Waals surface area (Å²) in [4.78, 5) is 35.4. The monoisotopic (exact) mass is 271 g/mol. The maximum absolute atomic E-state index is 11.3. The number of hydrogen-bond donors (Lipinski definition) is 3. The fraction of sp³-hybridized carbons (Fsp3) is 0.444. The smallest absolute Gasteiger partial charge is 0.406 e. The molecule has 0 bridgehead atoms. The van der Waals surface area contributed by atoms with Crippen molar-refractivity contribution in [2.45, 2.75) is 6.92 Å². The first-order chi connectivity index (χ1) is 8.82. The van der Waals surface area contributed by atoms with Crippen LogP contribution in [0.1, 0.15) is 5.82 Å². The number of imidazole rings is 1. The lowest BCUT2D eigenvalue weighted by Gasteiger charge is -2.06. The Morgan fingerprint density at radius 2 is 2.11 bits per heavy atom. The molecule has 1 aromatic heterocycles. The van der Waals surface area contributed by atoms with E-state index in [1.54, 1.807) is 14.0 Å². The highest BCUT2D eigenvalue weighted by Crippen LogP contribution is 2.23. The molecule has 0 aliphatic carbocycles. The number of carboxylic acid groups (broad SMARTS) is 1. The first-order valence-corrected chi connectivity index (χ1v) is 5.23. The minimum absolute atomic E-state index is 0.0907. The Kier molecular flexibility index (Phi) is 4.40. The van der Waals surface area contributed by atoms with E-state index in [0.717, 1.165) is 0 Å². The number of aromatic nitrogens is 2. The van der Waals surface area contributed by atoms with Crippen molar-refractivity contribution in [3.63, 3.8) is 0 Å². The van der Waals surface area contributed by atoms with E-state index in [1.165, 1.54) is 4.57 Å². The van der Waals surface area contributed by atoms with E-state index in [-0.39, 0.29) is 18.2 Å². The highest BCUT2D eigenvalue weighted by Gasteiger charge is 2.23. The van der Waals surface area contributed by atoms with Gasteiger partial charge in [0.05, 0.1) is 6.54 Å². The zero-order valence-corrected chi connectivity index (χ0v) is 10.3. The van der Waals surface area contributed by atoms with Gasteiger partial charge in [-0.2, -0.15) is 0 Å². The average molecular weight is 271 g/mol. The Morgan fingerprint density at radius 1 is 1.47 bits per heavy atom. The molecule has 0 aromatic carbocycles. The van der Waals surface area contributed by atoms with Gasteiger partial charge in [0.15, 0.2) is 0 Å². The molecule has 0 spiro atoms. The van der Waals surface area contributed by atoms with Crippen LogP contribution in [0.15, 0.2) is 0 Å². The van der Waals surface area contributed by atoms with Gasteiger partial charge < -0.3 is 25.9 Å². The number of nitrogens with one attached hydrogen (secondary N) is 2. The number of carbonyl (C=O) groups is 2. The first kappa shape index (κ1) is 14.4. The van der Waals surface area contributed by atoms with Crippen LogP contribution in [0.5, 0.6) is 0 Å². The van der Waals surface area contributed by atoms with Crippen molar-refractivity contribution in [1.82, 2.24) is 14.9 Å². The van der Waals surface area contributed by atoms with E-state index < -0.39 is 23.3 Å². The second kappa shape index (κ2) is 5.80. The van der Waals surface area contributed by atoms with E-state index in [2.05, 4.69) is 15.6 Å². The number of carboxylic acids is 1. The standard InChI is InChI=1S/C9H13N5O5/c1-5-12-9(14(18)19)8(13(5)2)11-3-6(15)10-4-7(16)17/h11H,3-4H2,1-2H3,(H,10,15)(H,16,17). The summed E-state index contributed by atoms with van der Waals surface area (Å²) >= 11 is 0. The SMILES string of the molecule is Cc1nc([N+](=O)[O-])c(NCC(=O)NCC(=O)O)n1C. The molecular weight excluding hydrogens is 258 g/mol. The molecule has 10 nitrogen and oxygen atoms in total. The summed E-state index contributed by atoms with van der Waals surface area (Å²) in [5.74, 6) is -1.63. The molecule has 0 unspecified atom stereocenters. The number of nitro groups is 1. The van der Waals surface area contributed by atoms with Gasteiger partial charge in [0.2, 0.25) is 17.5 Å². The van der Waals surface area contributed by atoms with Crippen molar-refractivity contribution in [3.8, 4) is 0 Å². The largest absolute Gasteiger partial charge is 0.480 e. The maximum atomic E-state index is 11.3. The molecule has 0 saturated heterocycles. The van der Waals surface area contributed by atoms with Crippen molar-refractivity contribution in [3.05, 3.63) is 15.9 Å². The third kappa shape index (κ3) is 3.66. The minimum Gasteiger partial charge on any atom is -0.480 e. The molecular formula is C9H13N5O5. The Balaban J connectivity index is 2.70. The van der Waals surface area contributed by atoms with Crippen molar-refractivity contribution in [2.24, 2.45) is 7.05 Å². The van der Waals surface area contributed by atoms with Crippen molar-refractivity contribution < 1.29 is 19.6 Å². The topological polar surface area (TPSA) is 139 Å². The quantitative estimate of drug-likeness (QED) is 0.456. The van der Waals surface area contributed by atoms with Crippen LogP contribution in [-0.2, 0) is 16.6 Å². The van der Waals surface area contributed by atoms with Crippen LogP contribution in [0.4, 0.5) is 11.6 Å². The fourth-order valence-electron chi connectivity index (χ4n) is 1.32. The Hall–Kier alpha value is -2.65. The third-order valence-electron chi connectivity index (χ3n) is 2.33. The second-order valence-electron chi connectivity index (χ2n) is 3.67. The molecule has 3 N–H and O–H groups in total. The highest BCUT2D eigenvalue weighted by molar-refractivity contribution is 5.84. The van der Waals surface area contributed by atoms with Crippen LogP contribution in [0.25, 0.3) is 0 Å². The van der Waals surface area contributed by atoms with Gasteiger partial charge in [0, 0.05) is 14.0 Å². The Morgan fingerprint density at radius 3 is 2.63 bits per heavy atom. The predicted octanol–water partition coefficient (Wildman–Crippen LogP) is -0.751. The molecule has 1 amide bonds. The number of nitrogens with zero attached hydrogens (tertiary/aromatic N) is 3. The van der Waals surface area contributed by atoms with E-state index >= 15 is 0 Å². The summed E-state index contributed by atoms with van der Waals surface area (Å²) in [7, 11) is 1.56. The number of anilines is 1. The highest BCUT2D eigenvalue weighted by atomic mass is 16.6. The van der Waals surface area contributed by atoms with Crippen molar-refractivity contribution in [1.29, 1.82) is 0 Å². The van der Waals surface area contributed by atoms with Gasteiger partial charge in [-0.3, -0.25) is 14.2 Å². The summed E-state index contributed by atoms with van der Waals surface area (Å²) in [6, 6.07) is 0. The zero-order valence-electron chi connectivity index (χ0n) is 10.3. The van der Waals surface area contributed by atoms with Gasteiger partial charge in [-0.25, -0.2) is 0 Å². The van der Waals surface area contributed by atoms with E-state index in [0.29, 0.717) is 5.82 Å². The molecule has 19 heavy (non-hydrogen) atoms. The summed E-state index contributed by atoms with van der Waals surface area (Å²) in [6.07, 6.45) is 0. The zero-order chi connectivity index (χ0) is 14.6. The average Bonchev–Trinajstić information content (AvgIpc) is 2.61.